The standard InChI is InChI=1S/C27H39N3O3/c1-29(13-3-4-26(31)28-21-7-8-21)27(32)20-6-10-25-23(17-20)22-16-19(5-9-24(22)30(25)2)18-11-14-33-15-12-18/h6,10,18-19,21,23H,3-5,7-9,11-17H2,1-2H3,(H,28,31). The fraction of sp³-hybridized carbons (Fsp3) is 0.704. The Kier molecular flexibility index (Phi) is 6.64. The zero-order valence-electron chi connectivity index (χ0n) is 20.3. The van der Waals surface area contributed by atoms with Crippen molar-refractivity contribution in [2.75, 3.05) is 33.9 Å². The van der Waals surface area contributed by atoms with Crippen LogP contribution in [0.15, 0.2) is 34.7 Å². The Bertz CT molecular complexity index is 879. The predicted molar refractivity (Wildman–Crippen MR) is 128 cm³/mol. The van der Waals surface area contributed by atoms with Crippen LogP contribution in [0.1, 0.15) is 64.2 Å². The first-order valence-corrected chi connectivity index (χ1v) is 13.0. The van der Waals surface area contributed by atoms with Gasteiger partial charge in [-0.25, -0.2) is 0 Å². The summed E-state index contributed by atoms with van der Waals surface area (Å²) in [5.41, 5.74) is 5.36. The van der Waals surface area contributed by atoms with E-state index in [-0.39, 0.29) is 11.8 Å². The summed E-state index contributed by atoms with van der Waals surface area (Å²) in [5.74, 6) is 2.13. The van der Waals surface area contributed by atoms with Gasteiger partial charge in [-0.3, -0.25) is 9.59 Å². The molecule has 2 unspecified atom stereocenters. The number of hydrogen-bond donors (Lipinski definition) is 1. The number of allylic oxidation sites excluding steroid dienone is 4. The molecule has 3 aliphatic carbocycles. The molecule has 0 aromatic heterocycles. The summed E-state index contributed by atoms with van der Waals surface area (Å²) in [6.07, 6.45) is 14.5. The van der Waals surface area contributed by atoms with Crippen LogP contribution in [-0.4, -0.2) is 61.5 Å². The third-order valence-corrected chi connectivity index (χ3v) is 8.45. The summed E-state index contributed by atoms with van der Waals surface area (Å²) >= 11 is 0. The monoisotopic (exact) mass is 453 g/mol. The van der Waals surface area contributed by atoms with Crippen LogP contribution >= 0.6 is 0 Å². The van der Waals surface area contributed by atoms with Crippen LogP contribution in [0.4, 0.5) is 0 Å². The van der Waals surface area contributed by atoms with Crippen molar-refractivity contribution in [3.63, 3.8) is 0 Å². The summed E-state index contributed by atoms with van der Waals surface area (Å²) in [6.45, 7) is 2.45. The van der Waals surface area contributed by atoms with E-state index in [4.69, 9.17) is 4.74 Å². The Labute approximate surface area is 198 Å². The van der Waals surface area contributed by atoms with Gasteiger partial charge in [0.05, 0.1) is 0 Å². The molecule has 0 aromatic carbocycles. The minimum atomic E-state index is 0.112. The molecule has 0 bridgehead atoms. The van der Waals surface area contributed by atoms with E-state index in [1.165, 1.54) is 37.1 Å². The van der Waals surface area contributed by atoms with Gasteiger partial charge in [-0.15, -0.1) is 0 Å². The first-order chi connectivity index (χ1) is 16.0. The molecular weight excluding hydrogens is 414 g/mol. The number of likely N-dealkylation sites (N-methyl/N-ethyl adjacent to an activating group) is 1. The van der Waals surface area contributed by atoms with Gasteiger partial charge < -0.3 is 19.9 Å². The minimum Gasteiger partial charge on any atom is -0.381 e. The van der Waals surface area contributed by atoms with Gasteiger partial charge >= 0.3 is 0 Å². The van der Waals surface area contributed by atoms with Crippen molar-refractivity contribution in [1.82, 2.24) is 15.1 Å². The molecule has 1 saturated heterocycles. The number of rotatable bonds is 7. The zero-order chi connectivity index (χ0) is 22.9. The second-order valence-electron chi connectivity index (χ2n) is 10.7. The topological polar surface area (TPSA) is 61.9 Å². The highest BCUT2D eigenvalue weighted by molar-refractivity contribution is 5.94. The van der Waals surface area contributed by atoms with E-state index in [0.717, 1.165) is 56.3 Å². The highest BCUT2D eigenvalue weighted by Crippen LogP contribution is 2.50. The second-order valence-corrected chi connectivity index (χ2v) is 10.7. The highest BCUT2D eigenvalue weighted by Gasteiger charge is 2.41. The molecule has 33 heavy (non-hydrogen) atoms. The summed E-state index contributed by atoms with van der Waals surface area (Å²) in [6, 6.07) is 0.403. The molecule has 0 spiro atoms. The Morgan fingerprint density at radius 2 is 1.88 bits per heavy atom. The smallest absolute Gasteiger partial charge is 0.249 e. The molecule has 2 amide bonds. The van der Waals surface area contributed by atoms with Crippen molar-refractivity contribution >= 4 is 11.8 Å². The summed E-state index contributed by atoms with van der Waals surface area (Å²) in [7, 11) is 4.07. The van der Waals surface area contributed by atoms with Crippen LogP contribution in [0.2, 0.25) is 0 Å². The Morgan fingerprint density at radius 3 is 2.64 bits per heavy atom. The van der Waals surface area contributed by atoms with E-state index in [0.29, 0.717) is 31.3 Å². The number of nitrogens with one attached hydrogen (secondary N) is 1. The van der Waals surface area contributed by atoms with Gasteiger partial charge in [-0.2, -0.15) is 0 Å². The first kappa shape index (κ1) is 22.7. The van der Waals surface area contributed by atoms with Gasteiger partial charge in [-0.1, -0.05) is 6.08 Å². The van der Waals surface area contributed by atoms with Crippen molar-refractivity contribution < 1.29 is 14.3 Å². The average Bonchev–Trinajstić information content (AvgIpc) is 3.62. The van der Waals surface area contributed by atoms with Crippen LogP contribution in [0.5, 0.6) is 0 Å². The third kappa shape index (κ3) is 4.91. The van der Waals surface area contributed by atoms with Gasteiger partial charge in [0.15, 0.2) is 0 Å². The highest BCUT2D eigenvalue weighted by atomic mass is 16.5. The SMILES string of the molecule is CN(CCCC(=O)NC1CC1)C(=O)C1=CC=C2C(C1)C1=C(CCC(C3CCOCC3)C1)N2C. The summed E-state index contributed by atoms with van der Waals surface area (Å²) < 4.78 is 5.60. The molecular formula is C27H39N3O3. The Balaban J connectivity index is 1.18. The fourth-order valence-corrected chi connectivity index (χ4v) is 6.31. The molecule has 180 valence electrons. The number of hydrogen-bond acceptors (Lipinski definition) is 4. The maximum absolute atomic E-state index is 13.2. The van der Waals surface area contributed by atoms with Crippen molar-refractivity contribution in [1.29, 1.82) is 0 Å². The molecule has 2 atom stereocenters. The molecule has 5 aliphatic rings. The lowest BCUT2D eigenvalue weighted by molar-refractivity contribution is -0.127. The predicted octanol–water partition coefficient (Wildman–Crippen LogP) is 3.76. The maximum atomic E-state index is 13.2. The molecule has 2 aliphatic heterocycles. The maximum Gasteiger partial charge on any atom is 0.249 e. The van der Waals surface area contributed by atoms with E-state index in [1.807, 2.05) is 13.1 Å². The van der Waals surface area contributed by atoms with Crippen LogP contribution in [0, 0.1) is 17.8 Å². The quantitative estimate of drug-likeness (QED) is 0.638. The van der Waals surface area contributed by atoms with E-state index in [1.54, 1.807) is 10.5 Å². The number of ether oxygens (including phenoxy) is 1. The number of fused-ring (bicyclic) bond motifs is 2. The third-order valence-electron chi connectivity index (χ3n) is 8.45. The second kappa shape index (κ2) is 9.65. The lowest BCUT2D eigenvalue weighted by atomic mass is 9.72. The van der Waals surface area contributed by atoms with Gasteiger partial charge in [0.2, 0.25) is 11.8 Å². The number of amides is 2. The fourth-order valence-electron chi connectivity index (χ4n) is 6.31. The zero-order valence-corrected chi connectivity index (χ0v) is 20.3. The summed E-state index contributed by atoms with van der Waals surface area (Å²) in [5, 5.41) is 3.02. The van der Waals surface area contributed by atoms with Crippen molar-refractivity contribution in [2.24, 2.45) is 17.8 Å². The van der Waals surface area contributed by atoms with Crippen LogP contribution < -0.4 is 5.32 Å². The number of nitrogens with zero attached hydrogens (tertiary/aromatic N) is 2. The lowest BCUT2D eigenvalue weighted by Gasteiger charge is -2.35. The van der Waals surface area contributed by atoms with Crippen molar-refractivity contribution in [3.05, 3.63) is 34.7 Å². The van der Waals surface area contributed by atoms with Gasteiger partial charge in [0, 0.05) is 69.2 Å². The van der Waals surface area contributed by atoms with Crippen molar-refractivity contribution in [3.8, 4) is 0 Å². The minimum absolute atomic E-state index is 0.112. The van der Waals surface area contributed by atoms with E-state index in [2.05, 4.69) is 23.3 Å². The van der Waals surface area contributed by atoms with Crippen LogP contribution in [-0.2, 0) is 14.3 Å². The van der Waals surface area contributed by atoms with E-state index >= 15 is 0 Å². The molecule has 1 N–H and O–H groups in total. The molecule has 5 rings (SSSR count). The van der Waals surface area contributed by atoms with Crippen LogP contribution in [0.25, 0.3) is 0 Å². The van der Waals surface area contributed by atoms with Gasteiger partial charge in [-0.05, 0) is 81.3 Å². The lowest BCUT2D eigenvalue weighted by Crippen LogP contribution is -2.32. The first-order valence-electron chi connectivity index (χ1n) is 13.0. The number of carbonyl (C=O) groups is 2. The molecule has 0 aromatic rings. The largest absolute Gasteiger partial charge is 0.381 e. The average molecular weight is 454 g/mol. The van der Waals surface area contributed by atoms with E-state index in [9.17, 15) is 9.59 Å². The normalized spacial score (nSPS) is 27.5. The molecule has 1 saturated carbocycles. The van der Waals surface area contributed by atoms with Crippen LogP contribution in [0.3, 0.4) is 0 Å². The van der Waals surface area contributed by atoms with Gasteiger partial charge in [0.25, 0.3) is 0 Å². The Morgan fingerprint density at radius 1 is 1.09 bits per heavy atom. The number of carbonyl (C=O) groups excluding carboxylic acids is 2. The Hall–Kier alpha value is -2.08. The summed E-state index contributed by atoms with van der Waals surface area (Å²) in [4.78, 5) is 29.3. The molecule has 2 fully saturated rings. The molecule has 2 heterocycles. The van der Waals surface area contributed by atoms with Gasteiger partial charge in [0.1, 0.15) is 0 Å². The molecule has 6 nitrogen and oxygen atoms in total. The van der Waals surface area contributed by atoms with E-state index < -0.39 is 0 Å². The molecule has 6 heteroatoms. The molecule has 0 radical (unpaired) electrons. The van der Waals surface area contributed by atoms with Crippen molar-refractivity contribution in [2.45, 2.75) is 70.3 Å².